The van der Waals surface area contributed by atoms with Crippen LogP contribution in [0.25, 0.3) is 0 Å². The zero-order valence-electron chi connectivity index (χ0n) is 6.49. The standard InChI is InChI=1S/C7H15.BrH.Mg/c1-3-5-7-6-4-2;;/h3H,4-7H2,1-2H3;1H;/q-1;;+2/p-1. The Hall–Kier alpha value is 1.25. The zero-order chi connectivity index (χ0) is 5.54. The molecule has 2 heteroatoms. The summed E-state index contributed by atoms with van der Waals surface area (Å²) in [5.74, 6) is 0. The summed E-state index contributed by atoms with van der Waals surface area (Å²) in [6.07, 6.45) is 7.65. The predicted molar refractivity (Wildman–Crippen MR) is 39.9 cm³/mol. The summed E-state index contributed by atoms with van der Waals surface area (Å²) in [4.78, 5) is 0. The molecule has 0 N–H and O–H groups in total. The van der Waals surface area contributed by atoms with Gasteiger partial charge in [0.15, 0.2) is 0 Å². The van der Waals surface area contributed by atoms with Crippen LogP contribution in [0, 0.1) is 6.42 Å². The summed E-state index contributed by atoms with van der Waals surface area (Å²) in [6.45, 7) is 4.35. The van der Waals surface area contributed by atoms with Crippen LogP contribution in [0.2, 0.25) is 0 Å². The van der Waals surface area contributed by atoms with Gasteiger partial charge in [-0.25, -0.2) is 0 Å². The summed E-state index contributed by atoms with van der Waals surface area (Å²) >= 11 is 0. The van der Waals surface area contributed by atoms with Crippen LogP contribution >= 0.6 is 0 Å². The van der Waals surface area contributed by atoms with Crippen molar-refractivity contribution in [2.75, 3.05) is 0 Å². The minimum atomic E-state index is 0. The van der Waals surface area contributed by atoms with Crippen LogP contribution in [0.1, 0.15) is 39.5 Å². The van der Waals surface area contributed by atoms with E-state index in [9.17, 15) is 0 Å². The molecule has 0 bridgehead atoms. The predicted octanol–water partition coefficient (Wildman–Crippen LogP) is -0.586. The molecule has 0 aliphatic carbocycles. The van der Waals surface area contributed by atoms with Crippen LogP contribution in [0.3, 0.4) is 0 Å². The molecule has 0 radical (unpaired) electrons. The molecule has 0 aliphatic rings. The van der Waals surface area contributed by atoms with Crippen molar-refractivity contribution in [2.45, 2.75) is 39.5 Å². The minimum absolute atomic E-state index is 0. The van der Waals surface area contributed by atoms with Crippen LogP contribution in [-0.4, -0.2) is 23.1 Å². The van der Waals surface area contributed by atoms with Gasteiger partial charge < -0.3 is 23.4 Å². The maximum Gasteiger partial charge on any atom is 2.00 e. The van der Waals surface area contributed by atoms with Crippen molar-refractivity contribution >= 4 is 23.1 Å². The van der Waals surface area contributed by atoms with Gasteiger partial charge in [-0.3, -0.25) is 0 Å². The second-order valence-electron chi connectivity index (χ2n) is 1.90. The Morgan fingerprint density at radius 3 is 2.11 bits per heavy atom. The summed E-state index contributed by atoms with van der Waals surface area (Å²) in [5, 5.41) is 0. The van der Waals surface area contributed by atoms with Gasteiger partial charge in [0.25, 0.3) is 0 Å². The van der Waals surface area contributed by atoms with Gasteiger partial charge in [-0.1, -0.05) is 26.2 Å². The van der Waals surface area contributed by atoms with Gasteiger partial charge >= 0.3 is 23.1 Å². The van der Waals surface area contributed by atoms with Crippen LogP contribution in [0.4, 0.5) is 0 Å². The third-order valence-corrected chi connectivity index (χ3v) is 1.10. The second kappa shape index (κ2) is 16.1. The summed E-state index contributed by atoms with van der Waals surface area (Å²) in [6, 6.07) is 0. The molecule has 0 rings (SSSR count). The van der Waals surface area contributed by atoms with Crippen molar-refractivity contribution in [1.82, 2.24) is 0 Å². The Morgan fingerprint density at radius 2 is 1.78 bits per heavy atom. The van der Waals surface area contributed by atoms with E-state index in [-0.39, 0.29) is 40.0 Å². The normalized spacial score (nSPS) is 7.33. The SMILES string of the molecule is C[CH-]CCCCC.[Br-].[Mg+2]. The zero-order valence-corrected chi connectivity index (χ0v) is 9.49. The molecule has 0 amide bonds. The second-order valence-corrected chi connectivity index (χ2v) is 1.90. The molecule has 0 atom stereocenters. The van der Waals surface area contributed by atoms with Crippen molar-refractivity contribution in [3.63, 3.8) is 0 Å². The molecule has 0 aromatic heterocycles. The van der Waals surface area contributed by atoms with E-state index in [0.717, 1.165) is 0 Å². The maximum atomic E-state index is 2.23. The van der Waals surface area contributed by atoms with E-state index in [0.29, 0.717) is 0 Å². The fourth-order valence-electron chi connectivity index (χ4n) is 0.598. The van der Waals surface area contributed by atoms with E-state index >= 15 is 0 Å². The monoisotopic (exact) mass is 202 g/mol. The fraction of sp³-hybridized carbons (Fsp3) is 0.857. The van der Waals surface area contributed by atoms with Crippen molar-refractivity contribution < 1.29 is 17.0 Å². The Balaban J connectivity index is -0.000000180. The van der Waals surface area contributed by atoms with Crippen molar-refractivity contribution in [2.24, 2.45) is 0 Å². The smallest absolute Gasteiger partial charge is 1.00 e. The molecular formula is C7H15BrMg. The largest absolute Gasteiger partial charge is 2.00 e. The van der Waals surface area contributed by atoms with Crippen LogP contribution in [-0.2, 0) is 0 Å². The van der Waals surface area contributed by atoms with Gasteiger partial charge in [-0.05, 0) is 0 Å². The number of rotatable bonds is 4. The molecule has 0 fully saturated rings. The molecule has 0 aliphatic heterocycles. The van der Waals surface area contributed by atoms with Crippen LogP contribution in [0.5, 0.6) is 0 Å². The van der Waals surface area contributed by atoms with Gasteiger partial charge in [-0.2, -0.15) is 13.3 Å². The Morgan fingerprint density at radius 1 is 1.22 bits per heavy atom. The molecule has 0 heterocycles. The molecule has 0 saturated carbocycles. The number of halogens is 1. The van der Waals surface area contributed by atoms with Gasteiger partial charge in [0.05, 0.1) is 0 Å². The summed E-state index contributed by atoms with van der Waals surface area (Å²) in [5.41, 5.74) is 0. The first-order valence-corrected chi connectivity index (χ1v) is 3.19. The topological polar surface area (TPSA) is 0 Å². The molecule has 0 aromatic rings. The van der Waals surface area contributed by atoms with E-state index in [1.165, 1.54) is 25.7 Å². The van der Waals surface area contributed by atoms with Crippen molar-refractivity contribution in [3.8, 4) is 0 Å². The minimum Gasteiger partial charge on any atom is -1.00 e. The third kappa shape index (κ3) is 17.6. The van der Waals surface area contributed by atoms with E-state index in [2.05, 4.69) is 20.3 Å². The van der Waals surface area contributed by atoms with Crippen molar-refractivity contribution in [1.29, 1.82) is 0 Å². The van der Waals surface area contributed by atoms with E-state index in [4.69, 9.17) is 0 Å². The number of unbranched alkanes of at least 4 members (excludes halogenated alkanes) is 4. The maximum absolute atomic E-state index is 2.23. The first-order valence-electron chi connectivity index (χ1n) is 3.19. The van der Waals surface area contributed by atoms with Crippen LogP contribution in [0.15, 0.2) is 0 Å². The number of hydrogen-bond acceptors (Lipinski definition) is 0. The van der Waals surface area contributed by atoms with E-state index in [1.807, 2.05) is 0 Å². The first kappa shape index (κ1) is 16.7. The van der Waals surface area contributed by atoms with Gasteiger partial charge in [0.2, 0.25) is 0 Å². The molecule has 52 valence electrons. The molecular weight excluding hydrogens is 188 g/mol. The van der Waals surface area contributed by atoms with E-state index in [1.54, 1.807) is 0 Å². The Kier molecular flexibility index (Phi) is 29.9. The first-order chi connectivity index (χ1) is 3.41. The average Bonchev–Trinajstić information content (AvgIpc) is 1.69. The molecule has 9 heavy (non-hydrogen) atoms. The van der Waals surface area contributed by atoms with Gasteiger partial charge in [0.1, 0.15) is 0 Å². The summed E-state index contributed by atoms with van der Waals surface area (Å²) in [7, 11) is 0. The third-order valence-electron chi connectivity index (χ3n) is 1.10. The van der Waals surface area contributed by atoms with Crippen LogP contribution < -0.4 is 17.0 Å². The molecule has 0 unspecified atom stereocenters. The summed E-state index contributed by atoms with van der Waals surface area (Å²) < 4.78 is 0. The molecule has 0 aromatic carbocycles. The Labute approximate surface area is 85.7 Å². The Bertz CT molecular complexity index is 28.1. The quantitative estimate of drug-likeness (QED) is 0.326. The van der Waals surface area contributed by atoms with Crippen molar-refractivity contribution in [3.05, 3.63) is 6.42 Å². The van der Waals surface area contributed by atoms with E-state index < -0.39 is 0 Å². The molecule has 0 nitrogen and oxygen atoms in total. The molecule has 0 saturated heterocycles. The average molecular weight is 203 g/mol. The van der Waals surface area contributed by atoms with Gasteiger partial charge in [0, 0.05) is 0 Å². The van der Waals surface area contributed by atoms with Gasteiger partial charge in [-0.15, -0.1) is 0 Å². The molecule has 0 spiro atoms. The number of hydrogen-bond donors (Lipinski definition) is 0. The fourth-order valence-corrected chi connectivity index (χ4v) is 0.598.